The van der Waals surface area contributed by atoms with E-state index in [1.165, 1.54) is 20.4 Å². The van der Waals surface area contributed by atoms with E-state index in [2.05, 4.69) is 10.4 Å². The summed E-state index contributed by atoms with van der Waals surface area (Å²) in [5, 5.41) is 7.21. The van der Waals surface area contributed by atoms with Crippen LogP contribution in [0.5, 0.6) is 11.5 Å². The van der Waals surface area contributed by atoms with Crippen molar-refractivity contribution in [3.63, 3.8) is 0 Å². The van der Waals surface area contributed by atoms with Gasteiger partial charge in [0, 0.05) is 24.2 Å². The quantitative estimate of drug-likeness (QED) is 0.470. The van der Waals surface area contributed by atoms with Gasteiger partial charge in [-0.25, -0.2) is 9.48 Å². The van der Waals surface area contributed by atoms with Crippen molar-refractivity contribution in [2.24, 2.45) is 0 Å². The Balaban J connectivity index is 1.18. The number of fused-ring (bicyclic) bond motifs is 2. The maximum Gasteiger partial charge on any atom is 0.350 e. The molecule has 1 aliphatic rings. The van der Waals surface area contributed by atoms with E-state index in [-0.39, 0.29) is 11.6 Å². The molecular formula is C22H20N4O4S. The molecule has 31 heavy (non-hydrogen) atoms. The monoisotopic (exact) mass is 436 g/mol. The molecule has 0 saturated heterocycles. The van der Waals surface area contributed by atoms with Gasteiger partial charge in [0.25, 0.3) is 5.91 Å². The molecule has 0 atom stereocenters. The Morgan fingerprint density at radius 1 is 1.10 bits per heavy atom. The largest absolute Gasteiger partial charge is 0.486 e. The lowest BCUT2D eigenvalue weighted by Crippen LogP contribution is -2.27. The third kappa shape index (κ3) is 3.91. The van der Waals surface area contributed by atoms with Crippen LogP contribution in [0.3, 0.4) is 0 Å². The number of hydrogen-bond donors (Lipinski definition) is 1. The summed E-state index contributed by atoms with van der Waals surface area (Å²) in [7, 11) is 0. The molecule has 1 aromatic carbocycles. The van der Waals surface area contributed by atoms with Crippen molar-refractivity contribution in [3.05, 3.63) is 70.1 Å². The number of thiophene rings is 1. The second-order valence-electron chi connectivity index (χ2n) is 7.07. The Labute approximate surface area is 181 Å². The van der Waals surface area contributed by atoms with E-state index < -0.39 is 0 Å². The summed E-state index contributed by atoms with van der Waals surface area (Å²) >= 11 is 1.43. The molecule has 5 rings (SSSR count). The highest BCUT2D eigenvalue weighted by Gasteiger charge is 2.15. The van der Waals surface area contributed by atoms with Crippen LogP contribution in [0, 0.1) is 0 Å². The predicted octanol–water partition coefficient (Wildman–Crippen LogP) is 2.82. The number of amides is 1. The molecule has 0 spiro atoms. The zero-order valence-corrected chi connectivity index (χ0v) is 17.4. The summed E-state index contributed by atoms with van der Waals surface area (Å²) in [6.45, 7) is 1.99. The standard InChI is InChI=1S/C22H20N4O4S/c27-21(23-9-3-11-26-22(28)25-10-2-1-4-20(25)24-26)19-8-7-18(31-19)15-5-6-16-17(14-15)30-13-12-29-16/h1-2,4-8,10,14H,3,9,11-13H2,(H,23,27). The number of pyridine rings is 1. The van der Waals surface area contributed by atoms with Crippen LogP contribution < -0.4 is 20.5 Å². The number of nitrogens with one attached hydrogen (secondary N) is 1. The van der Waals surface area contributed by atoms with E-state index in [1.54, 1.807) is 18.3 Å². The van der Waals surface area contributed by atoms with E-state index >= 15 is 0 Å². The number of ether oxygens (including phenoxy) is 2. The molecule has 1 aliphatic heterocycles. The first-order valence-corrected chi connectivity index (χ1v) is 10.8. The Morgan fingerprint density at radius 2 is 1.97 bits per heavy atom. The van der Waals surface area contributed by atoms with Gasteiger partial charge in [-0.15, -0.1) is 16.4 Å². The molecule has 1 N–H and O–H groups in total. The summed E-state index contributed by atoms with van der Waals surface area (Å²) in [6, 6.07) is 15.0. The fourth-order valence-corrected chi connectivity index (χ4v) is 4.36. The Bertz CT molecular complexity index is 1310. The van der Waals surface area contributed by atoms with Crippen molar-refractivity contribution < 1.29 is 14.3 Å². The minimum Gasteiger partial charge on any atom is -0.486 e. The summed E-state index contributed by atoms with van der Waals surface area (Å²) in [5.41, 5.74) is 1.42. The van der Waals surface area contributed by atoms with Gasteiger partial charge < -0.3 is 14.8 Å². The number of nitrogens with zero attached hydrogens (tertiary/aromatic N) is 3. The molecule has 0 aliphatic carbocycles. The number of rotatable bonds is 6. The van der Waals surface area contributed by atoms with Crippen LogP contribution in [-0.2, 0) is 6.54 Å². The summed E-state index contributed by atoms with van der Waals surface area (Å²) < 4.78 is 14.1. The Morgan fingerprint density at radius 3 is 2.84 bits per heavy atom. The maximum atomic E-state index is 12.5. The van der Waals surface area contributed by atoms with Gasteiger partial charge in [-0.1, -0.05) is 6.07 Å². The number of aromatic nitrogens is 3. The van der Waals surface area contributed by atoms with Crippen molar-refractivity contribution in [1.82, 2.24) is 19.5 Å². The van der Waals surface area contributed by atoms with Gasteiger partial charge in [-0.05, 0) is 54.4 Å². The van der Waals surface area contributed by atoms with Crippen LogP contribution >= 0.6 is 11.3 Å². The number of aryl methyl sites for hydroxylation is 1. The second kappa shape index (κ2) is 8.27. The lowest BCUT2D eigenvalue weighted by molar-refractivity contribution is 0.0956. The average Bonchev–Trinajstić information content (AvgIpc) is 3.42. The molecule has 0 fully saturated rings. The molecule has 1 amide bonds. The molecule has 8 nitrogen and oxygen atoms in total. The van der Waals surface area contributed by atoms with Gasteiger partial charge >= 0.3 is 5.69 Å². The SMILES string of the molecule is O=C(NCCCn1nc2ccccn2c1=O)c1ccc(-c2ccc3c(c2)OCCO3)s1. The minimum atomic E-state index is -0.177. The Kier molecular flexibility index (Phi) is 5.17. The van der Waals surface area contributed by atoms with Gasteiger partial charge in [0.2, 0.25) is 0 Å². The van der Waals surface area contributed by atoms with Crippen molar-refractivity contribution >= 4 is 22.9 Å². The third-order valence-corrected chi connectivity index (χ3v) is 6.11. The first-order valence-electron chi connectivity index (χ1n) is 10.0. The molecule has 0 bridgehead atoms. The van der Waals surface area contributed by atoms with E-state index in [0.29, 0.717) is 43.2 Å². The third-order valence-electron chi connectivity index (χ3n) is 4.98. The van der Waals surface area contributed by atoms with Crippen LogP contribution in [0.2, 0.25) is 0 Å². The lowest BCUT2D eigenvalue weighted by atomic mass is 10.1. The van der Waals surface area contributed by atoms with Gasteiger partial charge in [0.1, 0.15) is 13.2 Å². The van der Waals surface area contributed by atoms with Gasteiger partial charge in [0.15, 0.2) is 17.1 Å². The smallest absolute Gasteiger partial charge is 0.350 e. The van der Waals surface area contributed by atoms with E-state index in [9.17, 15) is 9.59 Å². The zero-order valence-electron chi connectivity index (χ0n) is 16.6. The number of benzene rings is 1. The number of carbonyl (C=O) groups excluding carboxylic acids is 1. The predicted molar refractivity (Wildman–Crippen MR) is 117 cm³/mol. The van der Waals surface area contributed by atoms with Gasteiger partial charge in [-0.2, -0.15) is 0 Å². The van der Waals surface area contributed by atoms with E-state index in [0.717, 1.165) is 21.9 Å². The molecule has 0 saturated carbocycles. The topological polar surface area (TPSA) is 86.9 Å². The summed E-state index contributed by atoms with van der Waals surface area (Å²) in [4.78, 5) is 26.4. The highest BCUT2D eigenvalue weighted by molar-refractivity contribution is 7.17. The van der Waals surface area contributed by atoms with Crippen molar-refractivity contribution in [2.75, 3.05) is 19.8 Å². The van der Waals surface area contributed by atoms with Crippen LogP contribution in [-0.4, -0.2) is 39.8 Å². The van der Waals surface area contributed by atoms with Crippen molar-refractivity contribution in [3.8, 4) is 21.9 Å². The van der Waals surface area contributed by atoms with Crippen LogP contribution in [0.25, 0.3) is 16.1 Å². The summed E-state index contributed by atoms with van der Waals surface area (Å²) in [6.07, 6.45) is 2.30. The highest BCUT2D eigenvalue weighted by atomic mass is 32.1. The average molecular weight is 436 g/mol. The van der Waals surface area contributed by atoms with Crippen LogP contribution in [0.1, 0.15) is 16.1 Å². The van der Waals surface area contributed by atoms with Crippen LogP contribution in [0.4, 0.5) is 0 Å². The van der Waals surface area contributed by atoms with Crippen molar-refractivity contribution in [2.45, 2.75) is 13.0 Å². The molecule has 0 radical (unpaired) electrons. The highest BCUT2D eigenvalue weighted by Crippen LogP contribution is 2.36. The second-order valence-corrected chi connectivity index (χ2v) is 8.15. The molecule has 4 heterocycles. The van der Waals surface area contributed by atoms with Gasteiger partial charge in [0.05, 0.1) is 4.88 Å². The molecule has 0 unspecified atom stereocenters. The van der Waals surface area contributed by atoms with Gasteiger partial charge in [-0.3, -0.25) is 9.20 Å². The fourth-order valence-electron chi connectivity index (χ4n) is 3.44. The molecular weight excluding hydrogens is 416 g/mol. The Hall–Kier alpha value is -3.59. The zero-order chi connectivity index (χ0) is 21.2. The first kappa shape index (κ1) is 19.4. The normalized spacial score (nSPS) is 12.8. The lowest BCUT2D eigenvalue weighted by Gasteiger charge is -2.18. The molecule has 4 aromatic rings. The molecule has 158 valence electrons. The van der Waals surface area contributed by atoms with E-state index in [1.807, 2.05) is 36.4 Å². The first-order chi connectivity index (χ1) is 15.2. The maximum absolute atomic E-state index is 12.5. The van der Waals surface area contributed by atoms with Crippen molar-refractivity contribution in [1.29, 1.82) is 0 Å². The number of carbonyl (C=O) groups is 1. The minimum absolute atomic E-state index is 0.129. The van der Waals surface area contributed by atoms with Crippen LogP contribution in [0.15, 0.2) is 59.5 Å². The molecule has 3 aromatic heterocycles. The molecule has 9 heteroatoms. The summed E-state index contributed by atoms with van der Waals surface area (Å²) in [5.74, 6) is 1.34. The van der Waals surface area contributed by atoms with E-state index in [4.69, 9.17) is 9.47 Å². The fraction of sp³-hybridized carbons (Fsp3) is 0.227. The number of hydrogen-bond acceptors (Lipinski definition) is 6.